The Balaban J connectivity index is 2.82. The Morgan fingerprint density at radius 2 is 2.00 bits per heavy atom. The van der Waals surface area contributed by atoms with Crippen molar-refractivity contribution in [2.45, 2.75) is 13.3 Å². The molecule has 0 aliphatic heterocycles. The molecule has 13 heavy (non-hydrogen) atoms. The van der Waals surface area contributed by atoms with Crippen molar-refractivity contribution in [3.05, 3.63) is 30.3 Å². The van der Waals surface area contributed by atoms with Crippen LogP contribution in [-0.4, -0.2) is 12.5 Å². The van der Waals surface area contributed by atoms with Crippen LogP contribution in [0.2, 0.25) is 0 Å². The van der Waals surface area contributed by atoms with E-state index < -0.39 is 0 Å². The van der Waals surface area contributed by atoms with E-state index in [2.05, 4.69) is 6.92 Å². The zero-order valence-electron chi connectivity index (χ0n) is 7.83. The molecule has 0 saturated heterocycles. The van der Waals surface area contributed by atoms with E-state index in [1.165, 1.54) is 0 Å². The second-order valence-electron chi connectivity index (χ2n) is 2.87. The summed E-state index contributed by atoms with van der Waals surface area (Å²) in [7, 11) is 0. The smallest absolute Gasteiger partial charge is 0.192 e. The van der Waals surface area contributed by atoms with E-state index in [1.807, 2.05) is 30.3 Å². The molecule has 1 rings (SSSR count). The normalized spacial score (nSPS) is 9.62. The van der Waals surface area contributed by atoms with E-state index >= 15 is 0 Å². The molecule has 1 aromatic carbocycles. The molecule has 0 unspecified atom stereocenters. The minimum absolute atomic E-state index is 0.105. The summed E-state index contributed by atoms with van der Waals surface area (Å²) >= 11 is 0. The zero-order chi connectivity index (χ0) is 9.68. The predicted molar refractivity (Wildman–Crippen MR) is 56.0 cm³/mol. The van der Waals surface area contributed by atoms with Gasteiger partial charge in [0.25, 0.3) is 0 Å². The van der Waals surface area contributed by atoms with Crippen molar-refractivity contribution in [2.75, 3.05) is 11.4 Å². The van der Waals surface area contributed by atoms with Crippen molar-refractivity contribution in [3.8, 4) is 0 Å². The third kappa shape index (κ3) is 2.47. The Labute approximate surface area is 78.7 Å². The number of benzene rings is 1. The topological polar surface area (TPSA) is 53.1 Å². The first-order chi connectivity index (χ1) is 6.25. The highest BCUT2D eigenvalue weighted by Gasteiger charge is 2.06. The van der Waals surface area contributed by atoms with E-state index in [-0.39, 0.29) is 5.96 Å². The molecule has 1 aromatic rings. The van der Waals surface area contributed by atoms with E-state index in [0.717, 1.165) is 18.7 Å². The van der Waals surface area contributed by atoms with Crippen LogP contribution in [0.25, 0.3) is 0 Å². The van der Waals surface area contributed by atoms with Crippen molar-refractivity contribution in [3.63, 3.8) is 0 Å². The molecule has 70 valence electrons. The minimum Gasteiger partial charge on any atom is -0.370 e. The van der Waals surface area contributed by atoms with Gasteiger partial charge in [-0.25, -0.2) is 0 Å². The lowest BCUT2D eigenvalue weighted by Gasteiger charge is -2.21. The molecule has 0 bridgehead atoms. The number of nitrogens with two attached hydrogens (primary N) is 1. The maximum Gasteiger partial charge on any atom is 0.192 e. The number of para-hydroxylation sites is 1. The third-order valence-electron chi connectivity index (χ3n) is 1.81. The molecular weight excluding hydrogens is 162 g/mol. The van der Waals surface area contributed by atoms with Gasteiger partial charge in [-0.05, 0) is 18.6 Å². The van der Waals surface area contributed by atoms with Crippen molar-refractivity contribution in [1.29, 1.82) is 5.41 Å². The standard InChI is InChI=1S/C10H15N3/c1-2-8-13(10(11)12)9-6-4-3-5-7-9/h3-7H,2,8H2,1H3,(H3,11,12). The van der Waals surface area contributed by atoms with Gasteiger partial charge in [0, 0.05) is 12.2 Å². The van der Waals surface area contributed by atoms with Crippen LogP contribution in [0.3, 0.4) is 0 Å². The van der Waals surface area contributed by atoms with Crippen molar-refractivity contribution < 1.29 is 0 Å². The lowest BCUT2D eigenvalue weighted by molar-refractivity contribution is 0.893. The van der Waals surface area contributed by atoms with Crippen LogP contribution >= 0.6 is 0 Å². The summed E-state index contributed by atoms with van der Waals surface area (Å²) in [4.78, 5) is 1.79. The SMILES string of the molecule is CCCN(C(=N)N)c1ccccc1. The van der Waals surface area contributed by atoms with Gasteiger partial charge in [0.2, 0.25) is 0 Å². The van der Waals surface area contributed by atoms with E-state index in [9.17, 15) is 0 Å². The monoisotopic (exact) mass is 177 g/mol. The molecular formula is C10H15N3. The molecule has 3 heteroatoms. The fourth-order valence-electron chi connectivity index (χ4n) is 1.22. The largest absolute Gasteiger partial charge is 0.370 e. The number of anilines is 1. The first kappa shape index (κ1) is 9.58. The van der Waals surface area contributed by atoms with E-state index in [0.29, 0.717) is 0 Å². The number of hydrogen-bond donors (Lipinski definition) is 2. The van der Waals surface area contributed by atoms with Gasteiger partial charge in [0.05, 0.1) is 0 Å². The average molecular weight is 177 g/mol. The molecule has 0 heterocycles. The van der Waals surface area contributed by atoms with Crippen molar-refractivity contribution >= 4 is 11.6 Å². The molecule has 0 aromatic heterocycles. The summed E-state index contributed by atoms with van der Waals surface area (Å²) in [5.41, 5.74) is 6.45. The van der Waals surface area contributed by atoms with Crippen LogP contribution in [0.5, 0.6) is 0 Å². The summed E-state index contributed by atoms with van der Waals surface area (Å²) in [6.07, 6.45) is 0.981. The number of rotatable bonds is 3. The molecule has 3 nitrogen and oxygen atoms in total. The molecule has 0 amide bonds. The van der Waals surface area contributed by atoms with Gasteiger partial charge in [-0.1, -0.05) is 25.1 Å². The Hall–Kier alpha value is -1.51. The fourth-order valence-corrected chi connectivity index (χ4v) is 1.22. The molecule has 0 aliphatic rings. The minimum atomic E-state index is 0.105. The van der Waals surface area contributed by atoms with Gasteiger partial charge in [-0.15, -0.1) is 0 Å². The Morgan fingerprint density at radius 3 is 2.46 bits per heavy atom. The highest BCUT2D eigenvalue weighted by atomic mass is 15.2. The average Bonchev–Trinajstić information content (AvgIpc) is 2.15. The maximum absolute atomic E-state index is 7.40. The lowest BCUT2D eigenvalue weighted by atomic mass is 10.3. The van der Waals surface area contributed by atoms with E-state index in [1.54, 1.807) is 4.90 Å². The molecule has 0 saturated carbocycles. The van der Waals surface area contributed by atoms with Crippen molar-refractivity contribution in [1.82, 2.24) is 0 Å². The first-order valence-corrected chi connectivity index (χ1v) is 4.42. The van der Waals surface area contributed by atoms with Gasteiger partial charge in [0.15, 0.2) is 5.96 Å². The quantitative estimate of drug-likeness (QED) is 0.546. The molecule has 0 radical (unpaired) electrons. The lowest BCUT2D eigenvalue weighted by Crippen LogP contribution is -2.36. The van der Waals surface area contributed by atoms with Crippen LogP contribution < -0.4 is 10.6 Å². The Kier molecular flexibility index (Phi) is 3.31. The number of guanidine groups is 1. The molecule has 0 atom stereocenters. The van der Waals surface area contributed by atoms with Gasteiger partial charge >= 0.3 is 0 Å². The molecule has 3 N–H and O–H groups in total. The summed E-state index contributed by atoms with van der Waals surface area (Å²) in [5.74, 6) is 0.105. The maximum atomic E-state index is 7.40. The van der Waals surface area contributed by atoms with Gasteiger partial charge in [-0.3, -0.25) is 5.41 Å². The van der Waals surface area contributed by atoms with Crippen LogP contribution in [0, 0.1) is 5.41 Å². The summed E-state index contributed by atoms with van der Waals surface area (Å²) in [6, 6.07) is 9.75. The van der Waals surface area contributed by atoms with Crippen molar-refractivity contribution in [2.24, 2.45) is 5.73 Å². The summed E-state index contributed by atoms with van der Waals surface area (Å²) in [6.45, 7) is 2.86. The van der Waals surface area contributed by atoms with Crippen LogP contribution in [0.15, 0.2) is 30.3 Å². The number of nitrogens with zero attached hydrogens (tertiary/aromatic N) is 1. The third-order valence-corrected chi connectivity index (χ3v) is 1.81. The number of nitrogens with one attached hydrogen (secondary N) is 1. The highest BCUT2D eigenvalue weighted by Crippen LogP contribution is 2.12. The van der Waals surface area contributed by atoms with Gasteiger partial charge in [0.1, 0.15) is 0 Å². The summed E-state index contributed by atoms with van der Waals surface area (Å²) in [5, 5.41) is 7.40. The predicted octanol–water partition coefficient (Wildman–Crippen LogP) is 1.80. The summed E-state index contributed by atoms with van der Waals surface area (Å²) < 4.78 is 0. The van der Waals surface area contributed by atoms with Crippen LogP contribution in [0.1, 0.15) is 13.3 Å². The molecule has 0 aliphatic carbocycles. The van der Waals surface area contributed by atoms with Crippen LogP contribution in [0.4, 0.5) is 5.69 Å². The van der Waals surface area contributed by atoms with Gasteiger partial charge < -0.3 is 10.6 Å². The molecule has 0 fully saturated rings. The Morgan fingerprint density at radius 1 is 1.38 bits per heavy atom. The Bertz CT molecular complexity index is 269. The fraction of sp³-hybridized carbons (Fsp3) is 0.300. The van der Waals surface area contributed by atoms with Gasteiger partial charge in [-0.2, -0.15) is 0 Å². The molecule has 0 spiro atoms. The second-order valence-corrected chi connectivity index (χ2v) is 2.87. The van der Waals surface area contributed by atoms with Crippen LogP contribution in [-0.2, 0) is 0 Å². The zero-order valence-corrected chi connectivity index (χ0v) is 7.83. The second kappa shape index (κ2) is 4.50. The highest BCUT2D eigenvalue weighted by molar-refractivity contribution is 5.92. The first-order valence-electron chi connectivity index (χ1n) is 4.42. The number of hydrogen-bond acceptors (Lipinski definition) is 1. The van der Waals surface area contributed by atoms with E-state index in [4.69, 9.17) is 11.1 Å².